The Bertz CT molecular complexity index is 1670. The molecule has 45 heavy (non-hydrogen) atoms. The molecule has 4 aromatic rings. The maximum Gasteiger partial charge on any atom is 0.316 e. The standard InChI is InChI=1S/C30H35BrN6O7S/c1-30(2,3)20-10-12-22(13-11-20)45(39,40)37-26-25(44-24-9-6-5-8-23(24)41-4)27(36-28(35-26)32-14-7-15-38)42-16-17-43-29-33-18-21(31)19-34-29/h5-6,8-13,18-19,38H,7,14-17H2,1-4H3,(H2,32,35,36,37). The number of methoxy groups -OCH3 is 1. The lowest BCUT2D eigenvalue weighted by atomic mass is 9.87. The summed E-state index contributed by atoms with van der Waals surface area (Å²) >= 11 is 3.27. The van der Waals surface area contributed by atoms with Crippen LogP contribution in [-0.4, -0.2) is 66.9 Å². The number of sulfonamides is 1. The van der Waals surface area contributed by atoms with E-state index in [1.807, 2.05) is 20.8 Å². The molecule has 0 spiro atoms. The molecule has 0 unspecified atom stereocenters. The number of nitrogens with one attached hydrogen (secondary N) is 2. The highest BCUT2D eigenvalue weighted by Gasteiger charge is 2.25. The highest BCUT2D eigenvalue weighted by atomic mass is 79.9. The van der Waals surface area contributed by atoms with Gasteiger partial charge in [-0.1, -0.05) is 45.0 Å². The molecule has 240 valence electrons. The minimum absolute atomic E-state index is 0.0255. The lowest BCUT2D eigenvalue weighted by molar-refractivity contribution is 0.197. The number of hydrogen-bond donors (Lipinski definition) is 3. The van der Waals surface area contributed by atoms with Gasteiger partial charge in [0.2, 0.25) is 11.7 Å². The number of para-hydroxylation sites is 2. The SMILES string of the molecule is COc1ccccc1Oc1c(NS(=O)(=O)c2ccc(C(C)(C)C)cc2)nc(NCCCO)nc1OCCOc1ncc(Br)cn1. The molecule has 0 saturated heterocycles. The number of aromatic nitrogens is 4. The molecule has 0 aliphatic heterocycles. The Labute approximate surface area is 270 Å². The summed E-state index contributed by atoms with van der Waals surface area (Å²) in [4.78, 5) is 17.0. The number of hydrogen-bond acceptors (Lipinski definition) is 12. The van der Waals surface area contributed by atoms with E-state index in [0.717, 1.165) is 5.56 Å². The van der Waals surface area contributed by atoms with Crippen molar-refractivity contribution in [3.63, 3.8) is 0 Å². The smallest absolute Gasteiger partial charge is 0.316 e. The zero-order valence-corrected chi connectivity index (χ0v) is 27.7. The van der Waals surface area contributed by atoms with Crippen LogP contribution in [0.4, 0.5) is 11.8 Å². The number of aliphatic hydroxyl groups is 1. The van der Waals surface area contributed by atoms with E-state index in [1.54, 1.807) is 48.8 Å². The monoisotopic (exact) mass is 702 g/mol. The summed E-state index contributed by atoms with van der Waals surface area (Å²) in [5, 5.41) is 12.2. The Kier molecular flexibility index (Phi) is 11.4. The predicted octanol–water partition coefficient (Wildman–Crippen LogP) is 5.18. The molecule has 0 atom stereocenters. The lowest BCUT2D eigenvalue weighted by Crippen LogP contribution is -2.18. The number of benzene rings is 2. The average molecular weight is 704 g/mol. The zero-order chi connectivity index (χ0) is 32.5. The maximum absolute atomic E-state index is 13.6. The van der Waals surface area contributed by atoms with Crippen LogP contribution in [0.2, 0.25) is 0 Å². The number of nitrogens with zero attached hydrogens (tertiary/aromatic N) is 4. The fourth-order valence-electron chi connectivity index (χ4n) is 3.83. The molecule has 0 fully saturated rings. The van der Waals surface area contributed by atoms with E-state index < -0.39 is 10.0 Å². The summed E-state index contributed by atoms with van der Waals surface area (Å²) in [6, 6.07) is 13.6. The van der Waals surface area contributed by atoms with Gasteiger partial charge in [0.15, 0.2) is 17.3 Å². The van der Waals surface area contributed by atoms with Gasteiger partial charge in [-0.2, -0.15) is 9.97 Å². The first kappa shape index (κ1) is 33.7. The summed E-state index contributed by atoms with van der Waals surface area (Å²) in [7, 11) is -2.67. The number of halogens is 1. The van der Waals surface area contributed by atoms with Gasteiger partial charge in [0.25, 0.3) is 15.9 Å². The summed E-state index contributed by atoms with van der Waals surface area (Å²) in [5.74, 6) is 0.323. The Balaban J connectivity index is 1.71. The predicted molar refractivity (Wildman–Crippen MR) is 172 cm³/mol. The number of ether oxygens (including phenoxy) is 4. The van der Waals surface area contributed by atoms with Crippen molar-refractivity contribution in [3.05, 3.63) is 71.0 Å². The summed E-state index contributed by atoms with van der Waals surface area (Å²) in [5.41, 5.74) is 0.817. The van der Waals surface area contributed by atoms with Gasteiger partial charge < -0.3 is 29.4 Å². The van der Waals surface area contributed by atoms with Crippen LogP contribution in [0.3, 0.4) is 0 Å². The van der Waals surface area contributed by atoms with Gasteiger partial charge in [0.05, 0.1) is 16.5 Å². The minimum Gasteiger partial charge on any atom is -0.493 e. The van der Waals surface area contributed by atoms with Crippen molar-refractivity contribution in [3.8, 4) is 29.1 Å². The fraction of sp³-hybridized carbons (Fsp3) is 0.333. The summed E-state index contributed by atoms with van der Waals surface area (Å²) < 4.78 is 53.6. The van der Waals surface area contributed by atoms with E-state index in [0.29, 0.717) is 23.2 Å². The maximum atomic E-state index is 13.6. The first-order valence-corrected chi connectivity index (χ1v) is 16.2. The molecule has 0 radical (unpaired) electrons. The van der Waals surface area contributed by atoms with Gasteiger partial charge in [-0.3, -0.25) is 4.72 Å². The molecule has 0 bridgehead atoms. The van der Waals surface area contributed by atoms with E-state index in [2.05, 4.69) is 45.9 Å². The summed E-state index contributed by atoms with van der Waals surface area (Å²) in [6.45, 7) is 6.38. The third kappa shape index (κ3) is 9.39. The topological polar surface area (TPSA) is 167 Å². The van der Waals surface area contributed by atoms with Gasteiger partial charge in [-0.05, 0) is 57.6 Å². The van der Waals surface area contributed by atoms with Gasteiger partial charge in [-0.15, -0.1) is 0 Å². The lowest BCUT2D eigenvalue weighted by Gasteiger charge is -2.20. The van der Waals surface area contributed by atoms with Gasteiger partial charge in [0.1, 0.15) is 13.2 Å². The van der Waals surface area contributed by atoms with Crippen LogP contribution in [0.5, 0.6) is 29.1 Å². The molecular weight excluding hydrogens is 668 g/mol. The van der Waals surface area contributed by atoms with E-state index >= 15 is 0 Å². The van der Waals surface area contributed by atoms with Crippen LogP contribution >= 0.6 is 15.9 Å². The summed E-state index contributed by atoms with van der Waals surface area (Å²) in [6.07, 6.45) is 3.50. The van der Waals surface area contributed by atoms with Gasteiger partial charge in [-0.25, -0.2) is 18.4 Å². The van der Waals surface area contributed by atoms with Crippen LogP contribution in [0, 0.1) is 0 Å². The van der Waals surface area contributed by atoms with Crippen LogP contribution in [0.15, 0.2) is 70.3 Å². The van der Waals surface area contributed by atoms with Gasteiger partial charge in [0, 0.05) is 25.5 Å². The van der Waals surface area contributed by atoms with E-state index in [4.69, 9.17) is 18.9 Å². The van der Waals surface area contributed by atoms with E-state index in [-0.39, 0.29) is 65.3 Å². The van der Waals surface area contributed by atoms with Crippen molar-refractivity contribution in [1.82, 2.24) is 19.9 Å². The Morgan fingerprint density at radius 2 is 1.60 bits per heavy atom. The minimum atomic E-state index is -4.15. The van der Waals surface area contributed by atoms with Gasteiger partial charge >= 0.3 is 6.01 Å². The number of aliphatic hydroxyl groups excluding tert-OH is 1. The van der Waals surface area contributed by atoms with Crippen LogP contribution in [0.1, 0.15) is 32.8 Å². The fourth-order valence-corrected chi connectivity index (χ4v) is 5.04. The quantitative estimate of drug-likeness (QED) is 0.139. The second kappa shape index (κ2) is 15.2. The molecule has 0 saturated carbocycles. The second-order valence-electron chi connectivity index (χ2n) is 10.5. The first-order chi connectivity index (χ1) is 21.5. The van der Waals surface area contributed by atoms with Crippen molar-refractivity contribution >= 4 is 37.7 Å². The highest BCUT2D eigenvalue weighted by Crippen LogP contribution is 2.41. The molecule has 2 heterocycles. The molecule has 0 aliphatic carbocycles. The molecule has 13 nitrogen and oxygen atoms in total. The molecule has 15 heteroatoms. The van der Waals surface area contributed by atoms with Crippen LogP contribution in [-0.2, 0) is 15.4 Å². The molecule has 0 aliphatic rings. The Morgan fingerprint density at radius 1 is 0.933 bits per heavy atom. The second-order valence-corrected chi connectivity index (χ2v) is 13.1. The first-order valence-electron chi connectivity index (χ1n) is 13.9. The molecule has 3 N–H and O–H groups in total. The van der Waals surface area contributed by atoms with E-state index in [1.165, 1.54) is 19.2 Å². The molecule has 2 aromatic carbocycles. The molecule has 4 rings (SSSR count). The average Bonchev–Trinajstić information content (AvgIpc) is 3.01. The third-order valence-corrected chi connectivity index (χ3v) is 7.91. The highest BCUT2D eigenvalue weighted by molar-refractivity contribution is 9.10. The van der Waals surface area contributed by atoms with Crippen molar-refractivity contribution in [2.24, 2.45) is 0 Å². The number of anilines is 2. The van der Waals surface area contributed by atoms with Crippen molar-refractivity contribution < 1.29 is 32.5 Å². The molecule has 2 aromatic heterocycles. The molecular formula is C30H35BrN6O7S. The molecule has 0 amide bonds. The zero-order valence-electron chi connectivity index (χ0n) is 25.3. The third-order valence-electron chi connectivity index (χ3n) is 6.15. The normalized spacial score (nSPS) is 11.5. The van der Waals surface area contributed by atoms with Crippen LogP contribution in [0.25, 0.3) is 0 Å². The van der Waals surface area contributed by atoms with Crippen molar-refractivity contribution in [2.45, 2.75) is 37.5 Å². The van der Waals surface area contributed by atoms with Crippen LogP contribution < -0.4 is 29.0 Å². The van der Waals surface area contributed by atoms with E-state index in [9.17, 15) is 13.5 Å². The number of rotatable bonds is 15. The Hall–Kier alpha value is -4.21. The van der Waals surface area contributed by atoms with Crippen molar-refractivity contribution in [1.29, 1.82) is 0 Å². The largest absolute Gasteiger partial charge is 0.493 e. The Morgan fingerprint density at radius 3 is 2.24 bits per heavy atom. The van der Waals surface area contributed by atoms with Crippen molar-refractivity contribution in [2.75, 3.05) is 43.5 Å².